The fraction of sp³-hybridized carbons (Fsp3) is 0.500. The van der Waals surface area contributed by atoms with Crippen molar-refractivity contribution in [2.75, 3.05) is 13.2 Å². The van der Waals surface area contributed by atoms with E-state index in [9.17, 15) is 5.11 Å². The number of benzene rings is 2. The van der Waals surface area contributed by atoms with Gasteiger partial charge in [0.2, 0.25) is 0 Å². The SMILES string of the molecule is OC1(c2ccc(Oc3ccc(C45CC6CC(C4)C(C6)C5)cc3)cc2)COC1. The molecule has 2 unspecified atom stereocenters. The molecule has 1 saturated heterocycles. The van der Waals surface area contributed by atoms with Crippen LogP contribution in [0, 0.1) is 17.8 Å². The Morgan fingerprint density at radius 1 is 0.778 bits per heavy atom. The van der Waals surface area contributed by atoms with Crippen LogP contribution in [0.15, 0.2) is 48.5 Å². The Labute approximate surface area is 160 Å². The first-order valence-corrected chi connectivity index (χ1v) is 10.3. The minimum Gasteiger partial charge on any atom is -0.457 e. The monoisotopic (exact) mass is 362 g/mol. The summed E-state index contributed by atoms with van der Waals surface area (Å²) >= 11 is 0. The number of hydrogen-bond acceptors (Lipinski definition) is 3. The first-order valence-electron chi connectivity index (χ1n) is 10.3. The number of aliphatic hydroxyl groups is 1. The highest BCUT2D eigenvalue weighted by molar-refractivity contribution is 5.39. The first-order chi connectivity index (χ1) is 13.1. The summed E-state index contributed by atoms with van der Waals surface area (Å²) in [6.45, 7) is 0.748. The summed E-state index contributed by atoms with van der Waals surface area (Å²) in [7, 11) is 0. The molecule has 7 rings (SSSR count). The second-order valence-corrected chi connectivity index (χ2v) is 9.43. The Balaban J connectivity index is 1.18. The van der Waals surface area contributed by atoms with Gasteiger partial charge in [0.25, 0.3) is 0 Å². The molecule has 2 aromatic carbocycles. The lowest BCUT2D eigenvalue weighted by atomic mass is 9.66. The molecule has 1 N–H and O–H groups in total. The summed E-state index contributed by atoms with van der Waals surface area (Å²) in [6.07, 6.45) is 7.19. The van der Waals surface area contributed by atoms with E-state index in [-0.39, 0.29) is 0 Å². The summed E-state index contributed by atoms with van der Waals surface area (Å²) in [5.41, 5.74) is 2.05. The van der Waals surface area contributed by atoms with Crippen molar-refractivity contribution in [1.29, 1.82) is 0 Å². The van der Waals surface area contributed by atoms with Gasteiger partial charge in [-0.25, -0.2) is 0 Å². The Hall–Kier alpha value is -1.84. The van der Waals surface area contributed by atoms with E-state index in [1.807, 2.05) is 24.3 Å². The summed E-state index contributed by atoms with van der Waals surface area (Å²) in [6, 6.07) is 16.5. The van der Waals surface area contributed by atoms with E-state index in [1.165, 1.54) is 37.7 Å². The van der Waals surface area contributed by atoms with E-state index in [0.717, 1.165) is 34.8 Å². The Morgan fingerprint density at radius 2 is 1.33 bits per heavy atom. The fourth-order valence-electron chi connectivity index (χ4n) is 6.47. The highest BCUT2D eigenvalue weighted by atomic mass is 16.5. The van der Waals surface area contributed by atoms with Gasteiger partial charge < -0.3 is 14.6 Å². The van der Waals surface area contributed by atoms with Crippen molar-refractivity contribution in [1.82, 2.24) is 0 Å². The van der Waals surface area contributed by atoms with E-state index in [4.69, 9.17) is 9.47 Å². The molecule has 0 aromatic heterocycles. The zero-order valence-corrected chi connectivity index (χ0v) is 15.6. The van der Waals surface area contributed by atoms with Crippen LogP contribution in [0.2, 0.25) is 0 Å². The lowest BCUT2D eigenvalue weighted by molar-refractivity contribution is -0.184. The molecule has 1 heterocycles. The zero-order valence-electron chi connectivity index (χ0n) is 15.6. The molecule has 4 bridgehead atoms. The molecule has 5 aliphatic rings. The van der Waals surface area contributed by atoms with E-state index >= 15 is 0 Å². The summed E-state index contributed by atoms with van der Waals surface area (Å²) < 4.78 is 11.2. The van der Waals surface area contributed by atoms with Crippen molar-refractivity contribution in [3.63, 3.8) is 0 Å². The standard InChI is InChI=1S/C24H26O3/c25-24(14-26-15-24)20-3-7-22(8-4-20)27-21-5-1-19(2-6-21)23-11-16-9-17(12-23)18(10-16)13-23/h1-8,16-18,25H,9-15H2. The highest BCUT2D eigenvalue weighted by Gasteiger charge is 2.56. The maximum Gasteiger partial charge on any atom is 0.136 e. The van der Waals surface area contributed by atoms with Crippen molar-refractivity contribution in [3.8, 4) is 11.5 Å². The predicted octanol–water partition coefficient (Wildman–Crippen LogP) is 4.77. The highest BCUT2D eigenvalue weighted by Crippen LogP contribution is 2.64. The van der Waals surface area contributed by atoms with Gasteiger partial charge >= 0.3 is 0 Å². The fourth-order valence-corrected chi connectivity index (χ4v) is 6.47. The molecule has 1 aliphatic heterocycles. The van der Waals surface area contributed by atoms with Crippen LogP contribution in [0.3, 0.4) is 0 Å². The van der Waals surface area contributed by atoms with Crippen LogP contribution in [0.5, 0.6) is 11.5 Å². The number of hydrogen-bond donors (Lipinski definition) is 1. The Bertz CT molecular complexity index is 831. The number of ether oxygens (including phenoxy) is 2. The third-order valence-corrected chi connectivity index (χ3v) is 7.70. The lowest BCUT2D eigenvalue weighted by Gasteiger charge is -2.39. The van der Waals surface area contributed by atoms with Crippen molar-refractivity contribution in [2.24, 2.45) is 17.8 Å². The van der Waals surface area contributed by atoms with Crippen LogP contribution in [0.25, 0.3) is 0 Å². The number of rotatable bonds is 4. The smallest absolute Gasteiger partial charge is 0.136 e. The maximum atomic E-state index is 10.3. The van der Waals surface area contributed by atoms with Crippen molar-refractivity contribution in [3.05, 3.63) is 59.7 Å². The molecule has 0 amide bonds. The molecule has 5 fully saturated rings. The normalized spacial score (nSPS) is 35.2. The molecule has 0 spiro atoms. The van der Waals surface area contributed by atoms with Crippen LogP contribution in [0.1, 0.15) is 43.2 Å². The largest absolute Gasteiger partial charge is 0.457 e. The maximum absolute atomic E-state index is 10.3. The van der Waals surface area contributed by atoms with Gasteiger partial charge in [-0.05, 0) is 90.7 Å². The average Bonchev–Trinajstić information content (AvgIpc) is 3.08. The summed E-state index contributed by atoms with van der Waals surface area (Å²) in [5, 5.41) is 10.3. The minimum absolute atomic E-state index is 0.374. The van der Waals surface area contributed by atoms with Gasteiger partial charge in [-0.1, -0.05) is 24.3 Å². The van der Waals surface area contributed by atoms with E-state index < -0.39 is 5.60 Å². The Morgan fingerprint density at radius 3 is 1.81 bits per heavy atom. The molecule has 27 heavy (non-hydrogen) atoms. The summed E-state index contributed by atoms with van der Waals surface area (Å²) in [5.74, 6) is 4.65. The summed E-state index contributed by atoms with van der Waals surface area (Å²) in [4.78, 5) is 0. The molecule has 140 valence electrons. The molecule has 2 aromatic rings. The average molecular weight is 362 g/mol. The van der Waals surface area contributed by atoms with Crippen LogP contribution >= 0.6 is 0 Å². The molecule has 4 aliphatic carbocycles. The van der Waals surface area contributed by atoms with Crippen LogP contribution in [0.4, 0.5) is 0 Å². The third kappa shape index (κ3) is 2.48. The van der Waals surface area contributed by atoms with Gasteiger partial charge in [0, 0.05) is 0 Å². The third-order valence-electron chi connectivity index (χ3n) is 7.70. The van der Waals surface area contributed by atoms with Gasteiger partial charge in [0.1, 0.15) is 17.1 Å². The zero-order chi connectivity index (χ0) is 18.1. The second-order valence-electron chi connectivity index (χ2n) is 9.43. The molecular weight excluding hydrogens is 336 g/mol. The molecule has 4 saturated carbocycles. The topological polar surface area (TPSA) is 38.7 Å². The van der Waals surface area contributed by atoms with Crippen LogP contribution in [-0.4, -0.2) is 18.3 Å². The van der Waals surface area contributed by atoms with Gasteiger partial charge in [-0.3, -0.25) is 0 Å². The molecule has 2 atom stereocenters. The van der Waals surface area contributed by atoms with Gasteiger partial charge in [0.05, 0.1) is 13.2 Å². The van der Waals surface area contributed by atoms with Crippen LogP contribution in [-0.2, 0) is 15.8 Å². The molecule has 0 radical (unpaired) electrons. The van der Waals surface area contributed by atoms with Crippen molar-refractivity contribution >= 4 is 0 Å². The predicted molar refractivity (Wildman–Crippen MR) is 103 cm³/mol. The second kappa shape index (κ2) is 5.59. The quantitative estimate of drug-likeness (QED) is 0.851. The van der Waals surface area contributed by atoms with Crippen LogP contribution < -0.4 is 4.74 Å². The van der Waals surface area contributed by atoms with Crippen molar-refractivity contribution in [2.45, 2.75) is 43.1 Å². The first kappa shape index (κ1) is 16.1. The van der Waals surface area contributed by atoms with Gasteiger partial charge in [0.15, 0.2) is 0 Å². The molecule has 3 heteroatoms. The van der Waals surface area contributed by atoms with Gasteiger partial charge in [-0.2, -0.15) is 0 Å². The van der Waals surface area contributed by atoms with Gasteiger partial charge in [-0.15, -0.1) is 0 Å². The molecular formula is C24H26O3. The van der Waals surface area contributed by atoms with E-state index in [2.05, 4.69) is 24.3 Å². The lowest BCUT2D eigenvalue weighted by Crippen LogP contribution is -2.46. The molecule has 3 nitrogen and oxygen atoms in total. The van der Waals surface area contributed by atoms with E-state index in [1.54, 1.807) is 0 Å². The van der Waals surface area contributed by atoms with Crippen molar-refractivity contribution < 1.29 is 14.6 Å². The Kier molecular flexibility index (Phi) is 3.34. The minimum atomic E-state index is -0.820. The van der Waals surface area contributed by atoms with E-state index in [0.29, 0.717) is 18.6 Å².